The number of morpholine rings is 1. The van der Waals surface area contributed by atoms with Crippen molar-refractivity contribution in [3.8, 4) is 0 Å². The molecule has 0 atom stereocenters. The molecule has 0 aliphatic carbocycles. The lowest BCUT2D eigenvalue weighted by Crippen LogP contribution is -2.38. The molecule has 1 aliphatic heterocycles. The predicted octanol–water partition coefficient (Wildman–Crippen LogP) is 2.08. The zero-order valence-corrected chi connectivity index (χ0v) is 12.8. The molecule has 0 bridgehead atoms. The van der Waals surface area contributed by atoms with E-state index in [1.54, 1.807) is 18.3 Å². The highest BCUT2D eigenvalue weighted by molar-refractivity contribution is 6.07. The van der Waals surface area contributed by atoms with Crippen molar-refractivity contribution in [2.24, 2.45) is 0 Å². The normalized spacial score (nSPS) is 14.2. The molecule has 1 N–H and O–H groups in total. The van der Waals surface area contributed by atoms with Crippen LogP contribution < -0.4 is 10.2 Å². The molecule has 1 aliphatic rings. The second-order valence-electron chi connectivity index (χ2n) is 5.23. The van der Waals surface area contributed by atoms with Crippen LogP contribution in [0.4, 0.5) is 17.2 Å². The standard InChI is InChI=1S/C16H16N4O4/c21-16(18-12-3-5-13(6-4-12)20(22)23)14-2-1-7-17-15(14)19-8-10-24-11-9-19/h1-7H,8-11H2,(H,18,21). The highest BCUT2D eigenvalue weighted by atomic mass is 16.6. The van der Waals surface area contributed by atoms with Crippen molar-refractivity contribution in [1.82, 2.24) is 4.98 Å². The molecule has 8 nitrogen and oxygen atoms in total. The number of carbonyl (C=O) groups is 1. The summed E-state index contributed by atoms with van der Waals surface area (Å²) in [6, 6.07) is 9.11. The number of nitrogens with zero attached hydrogens (tertiary/aromatic N) is 3. The van der Waals surface area contributed by atoms with Gasteiger partial charge in [0, 0.05) is 37.1 Å². The second-order valence-corrected chi connectivity index (χ2v) is 5.23. The van der Waals surface area contributed by atoms with Crippen molar-refractivity contribution in [2.75, 3.05) is 36.5 Å². The van der Waals surface area contributed by atoms with Gasteiger partial charge < -0.3 is 15.0 Å². The van der Waals surface area contributed by atoms with Crippen molar-refractivity contribution in [1.29, 1.82) is 0 Å². The Balaban J connectivity index is 1.78. The lowest BCUT2D eigenvalue weighted by atomic mass is 10.2. The van der Waals surface area contributed by atoms with E-state index in [4.69, 9.17) is 4.74 Å². The molecule has 3 rings (SSSR count). The van der Waals surface area contributed by atoms with Gasteiger partial charge in [-0.1, -0.05) is 0 Å². The molecule has 1 aromatic heterocycles. The van der Waals surface area contributed by atoms with E-state index in [1.807, 2.05) is 4.90 Å². The number of hydrogen-bond acceptors (Lipinski definition) is 6. The van der Waals surface area contributed by atoms with Gasteiger partial charge in [-0.3, -0.25) is 14.9 Å². The third-order valence-electron chi connectivity index (χ3n) is 3.68. The first-order valence-electron chi connectivity index (χ1n) is 7.48. The SMILES string of the molecule is O=C(Nc1ccc([N+](=O)[O-])cc1)c1cccnc1N1CCOCC1. The molecular weight excluding hydrogens is 312 g/mol. The van der Waals surface area contributed by atoms with E-state index in [-0.39, 0.29) is 11.6 Å². The second kappa shape index (κ2) is 7.05. The fourth-order valence-electron chi connectivity index (χ4n) is 2.47. The van der Waals surface area contributed by atoms with E-state index in [1.165, 1.54) is 24.3 Å². The zero-order valence-electron chi connectivity index (χ0n) is 12.8. The number of nitrogens with one attached hydrogen (secondary N) is 1. The van der Waals surface area contributed by atoms with E-state index in [2.05, 4.69) is 10.3 Å². The Morgan fingerprint density at radius 2 is 1.92 bits per heavy atom. The highest BCUT2D eigenvalue weighted by Gasteiger charge is 2.20. The maximum Gasteiger partial charge on any atom is 0.269 e. The van der Waals surface area contributed by atoms with Gasteiger partial charge in [-0.25, -0.2) is 4.98 Å². The van der Waals surface area contributed by atoms with Gasteiger partial charge in [0.1, 0.15) is 5.82 Å². The summed E-state index contributed by atoms with van der Waals surface area (Å²) in [5.41, 5.74) is 0.920. The molecule has 0 spiro atoms. The van der Waals surface area contributed by atoms with Crippen LogP contribution in [0.2, 0.25) is 0 Å². The molecule has 0 radical (unpaired) electrons. The van der Waals surface area contributed by atoms with Crippen LogP contribution in [0, 0.1) is 10.1 Å². The number of nitro benzene ring substituents is 1. The van der Waals surface area contributed by atoms with Crippen molar-refractivity contribution in [3.05, 3.63) is 58.3 Å². The van der Waals surface area contributed by atoms with Crippen molar-refractivity contribution in [3.63, 3.8) is 0 Å². The number of pyridine rings is 1. The topological polar surface area (TPSA) is 97.6 Å². The Morgan fingerprint density at radius 1 is 1.21 bits per heavy atom. The highest BCUT2D eigenvalue weighted by Crippen LogP contribution is 2.21. The number of benzene rings is 1. The van der Waals surface area contributed by atoms with Gasteiger partial charge in [0.15, 0.2) is 0 Å². The van der Waals surface area contributed by atoms with Gasteiger partial charge in [-0.05, 0) is 24.3 Å². The Hall–Kier alpha value is -3.00. The average molecular weight is 328 g/mol. The number of aromatic nitrogens is 1. The van der Waals surface area contributed by atoms with Gasteiger partial charge in [0.2, 0.25) is 0 Å². The van der Waals surface area contributed by atoms with Gasteiger partial charge in [0.05, 0.1) is 23.7 Å². The van der Waals surface area contributed by atoms with Crippen LogP contribution in [-0.2, 0) is 4.74 Å². The molecule has 2 aromatic rings. The summed E-state index contributed by atoms with van der Waals surface area (Å²) in [4.78, 5) is 29.1. The van der Waals surface area contributed by atoms with Crippen LogP contribution >= 0.6 is 0 Å². The van der Waals surface area contributed by atoms with Crippen LogP contribution in [0.25, 0.3) is 0 Å². The van der Waals surface area contributed by atoms with E-state index in [9.17, 15) is 14.9 Å². The average Bonchev–Trinajstić information content (AvgIpc) is 2.63. The molecule has 1 saturated heterocycles. The summed E-state index contributed by atoms with van der Waals surface area (Å²) >= 11 is 0. The number of rotatable bonds is 4. The minimum atomic E-state index is -0.483. The number of nitro groups is 1. The maximum absolute atomic E-state index is 12.6. The molecule has 0 unspecified atom stereocenters. The van der Waals surface area contributed by atoms with E-state index >= 15 is 0 Å². The van der Waals surface area contributed by atoms with Crippen molar-refractivity contribution >= 4 is 23.1 Å². The first-order chi connectivity index (χ1) is 11.6. The predicted molar refractivity (Wildman–Crippen MR) is 88.3 cm³/mol. The fraction of sp³-hybridized carbons (Fsp3) is 0.250. The minimum Gasteiger partial charge on any atom is -0.378 e. The molecule has 1 aromatic carbocycles. The number of anilines is 2. The van der Waals surface area contributed by atoms with Crippen LogP contribution in [-0.4, -0.2) is 42.1 Å². The van der Waals surface area contributed by atoms with Gasteiger partial charge in [-0.15, -0.1) is 0 Å². The molecule has 124 valence electrons. The smallest absolute Gasteiger partial charge is 0.269 e. The van der Waals surface area contributed by atoms with Crippen LogP contribution in [0.15, 0.2) is 42.6 Å². The summed E-state index contributed by atoms with van der Waals surface area (Å²) in [6.07, 6.45) is 1.65. The molecule has 1 fully saturated rings. The van der Waals surface area contributed by atoms with Gasteiger partial charge in [-0.2, -0.15) is 0 Å². The zero-order chi connectivity index (χ0) is 16.9. The van der Waals surface area contributed by atoms with Crippen LogP contribution in [0.3, 0.4) is 0 Å². The maximum atomic E-state index is 12.6. The van der Waals surface area contributed by atoms with Gasteiger partial charge in [0.25, 0.3) is 11.6 Å². The Labute approximate surface area is 138 Å². The first-order valence-corrected chi connectivity index (χ1v) is 7.48. The Bertz CT molecular complexity index is 742. The lowest BCUT2D eigenvalue weighted by molar-refractivity contribution is -0.384. The number of hydrogen-bond donors (Lipinski definition) is 1. The van der Waals surface area contributed by atoms with E-state index < -0.39 is 4.92 Å². The minimum absolute atomic E-state index is 0.0246. The summed E-state index contributed by atoms with van der Waals surface area (Å²) < 4.78 is 5.32. The summed E-state index contributed by atoms with van der Waals surface area (Å²) in [5, 5.41) is 13.4. The molecule has 8 heteroatoms. The third kappa shape index (κ3) is 3.49. The Morgan fingerprint density at radius 3 is 2.58 bits per heavy atom. The quantitative estimate of drug-likeness (QED) is 0.681. The van der Waals surface area contributed by atoms with Crippen LogP contribution in [0.5, 0.6) is 0 Å². The molecule has 0 saturated carbocycles. The Kier molecular flexibility index (Phi) is 4.66. The van der Waals surface area contributed by atoms with Gasteiger partial charge >= 0.3 is 0 Å². The number of non-ortho nitro benzene ring substituents is 1. The molecule has 2 heterocycles. The summed E-state index contributed by atoms with van der Waals surface area (Å²) in [6.45, 7) is 2.55. The first kappa shape index (κ1) is 15.9. The number of carbonyl (C=O) groups excluding carboxylic acids is 1. The number of ether oxygens (including phenoxy) is 1. The van der Waals surface area contributed by atoms with Crippen LogP contribution in [0.1, 0.15) is 10.4 Å². The van der Waals surface area contributed by atoms with E-state index in [0.29, 0.717) is 43.4 Å². The third-order valence-corrected chi connectivity index (χ3v) is 3.68. The monoisotopic (exact) mass is 328 g/mol. The molecule has 1 amide bonds. The fourth-order valence-corrected chi connectivity index (χ4v) is 2.47. The summed E-state index contributed by atoms with van der Waals surface area (Å²) in [5.74, 6) is 0.304. The largest absolute Gasteiger partial charge is 0.378 e. The number of amides is 1. The lowest BCUT2D eigenvalue weighted by Gasteiger charge is -2.29. The van der Waals surface area contributed by atoms with E-state index in [0.717, 1.165) is 0 Å². The summed E-state index contributed by atoms with van der Waals surface area (Å²) in [7, 11) is 0. The molecule has 24 heavy (non-hydrogen) atoms. The molecular formula is C16H16N4O4. The van der Waals surface area contributed by atoms with Crippen molar-refractivity contribution < 1.29 is 14.5 Å². The van der Waals surface area contributed by atoms with Crippen molar-refractivity contribution in [2.45, 2.75) is 0 Å².